The number of amides is 4. The Morgan fingerprint density at radius 3 is 2.22 bits per heavy atom. The molecule has 3 aromatic rings. The van der Waals surface area contributed by atoms with Gasteiger partial charge >= 0.3 is 6.09 Å². The molecule has 1 saturated carbocycles. The summed E-state index contributed by atoms with van der Waals surface area (Å²) in [5.41, 5.74) is 1.86. The Morgan fingerprint density at radius 1 is 0.907 bits per heavy atom. The molecule has 2 heterocycles. The Labute approximate surface area is 319 Å². The van der Waals surface area contributed by atoms with Gasteiger partial charge in [0.05, 0.1) is 18.5 Å². The number of aliphatic hydroxyl groups is 1. The third-order valence-electron chi connectivity index (χ3n) is 10.8. The topological polar surface area (TPSA) is 148 Å². The Balaban J connectivity index is 1.39. The average Bonchev–Trinajstić information content (AvgIpc) is 3.72. The number of aromatic nitrogens is 2. The summed E-state index contributed by atoms with van der Waals surface area (Å²) >= 11 is 0. The molecule has 1 aliphatic heterocycles. The summed E-state index contributed by atoms with van der Waals surface area (Å²) in [5, 5.41) is 17.3. The number of H-pyrrole nitrogens is 1. The van der Waals surface area contributed by atoms with Crippen LogP contribution in [0.4, 0.5) is 4.79 Å². The number of hydrazine groups is 1. The molecular formula is C42H58N6O6. The van der Waals surface area contributed by atoms with Gasteiger partial charge in [-0.3, -0.25) is 14.4 Å². The van der Waals surface area contributed by atoms with Crippen molar-refractivity contribution in [2.24, 2.45) is 11.8 Å². The molecule has 1 saturated heterocycles. The molecule has 12 heteroatoms. The molecule has 1 aliphatic carbocycles. The van der Waals surface area contributed by atoms with Crippen molar-refractivity contribution in [2.75, 3.05) is 20.1 Å². The van der Waals surface area contributed by atoms with E-state index in [2.05, 4.69) is 29.1 Å². The highest BCUT2D eigenvalue weighted by Gasteiger charge is 2.38. The number of hydrogen-bond acceptors (Lipinski definition) is 7. The monoisotopic (exact) mass is 742 g/mol. The lowest BCUT2D eigenvalue weighted by Gasteiger charge is -2.38. The first-order valence-electron chi connectivity index (χ1n) is 19.7. The minimum atomic E-state index is -1.30. The number of ether oxygens (including phenoxy) is 1. The van der Waals surface area contributed by atoms with E-state index in [0.717, 1.165) is 44.1 Å². The van der Waals surface area contributed by atoms with Gasteiger partial charge in [0.25, 0.3) is 11.8 Å². The van der Waals surface area contributed by atoms with E-state index in [0.29, 0.717) is 48.9 Å². The maximum atomic E-state index is 14.6. The number of rotatable bonds is 16. The lowest BCUT2D eigenvalue weighted by Crippen LogP contribution is -2.57. The standard InChI is InChI=1S/C42H58N6O6/c1-30(2)21-22-37(49)35(25-31-15-7-4-8-16-31)45-39(50)36(27-34-28-43-29-44-34)46(3)41(52)38(26-32-17-9-5-10-18-32)54-42(53)48-24-14-13-23-47(48)40(51)33-19-11-6-12-20-33/h5-6,9-12,17-20,28-31,35-38,49H,4,7-8,13-16,21-27H2,1-3H3,(H,43,44)(H,45,50)/t35?,36-,37?,38?/m0/s1. The van der Waals surface area contributed by atoms with Crippen molar-refractivity contribution in [3.63, 3.8) is 0 Å². The summed E-state index contributed by atoms with van der Waals surface area (Å²) in [7, 11) is 1.55. The third-order valence-corrected chi connectivity index (χ3v) is 10.8. The molecule has 3 unspecified atom stereocenters. The number of imidazole rings is 1. The van der Waals surface area contributed by atoms with E-state index in [-0.39, 0.29) is 25.3 Å². The fourth-order valence-corrected chi connectivity index (χ4v) is 7.55. The number of carbonyl (C=O) groups is 4. The van der Waals surface area contributed by atoms with E-state index in [9.17, 15) is 24.3 Å². The summed E-state index contributed by atoms with van der Waals surface area (Å²) in [5.74, 6) is -0.481. The maximum Gasteiger partial charge on any atom is 0.429 e. The first kappa shape index (κ1) is 40.5. The van der Waals surface area contributed by atoms with Gasteiger partial charge in [0.1, 0.15) is 6.04 Å². The molecule has 2 fully saturated rings. The summed E-state index contributed by atoms with van der Waals surface area (Å²) in [6.45, 7) is 4.82. The van der Waals surface area contributed by atoms with E-state index >= 15 is 0 Å². The minimum Gasteiger partial charge on any atom is -0.434 e. The molecule has 1 aromatic heterocycles. The van der Waals surface area contributed by atoms with Crippen molar-refractivity contribution in [1.82, 2.24) is 30.2 Å². The molecule has 12 nitrogen and oxygen atoms in total. The van der Waals surface area contributed by atoms with Gasteiger partial charge in [-0.25, -0.2) is 19.8 Å². The van der Waals surface area contributed by atoms with Crippen LogP contribution in [0.1, 0.15) is 99.7 Å². The van der Waals surface area contributed by atoms with Crippen molar-refractivity contribution < 1.29 is 29.0 Å². The van der Waals surface area contributed by atoms with Crippen molar-refractivity contribution in [3.05, 3.63) is 90.0 Å². The van der Waals surface area contributed by atoms with E-state index in [1.165, 1.54) is 27.7 Å². The van der Waals surface area contributed by atoms with Crippen LogP contribution in [0.5, 0.6) is 0 Å². The van der Waals surface area contributed by atoms with E-state index in [1.54, 1.807) is 37.5 Å². The Kier molecular flexibility index (Phi) is 15.1. The Hall–Kier alpha value is -4.71. The van der Waals surface area contributed by atoms with E-state index in [4.69, 9.17) is 4.74 Å². The van der Waals surface area contributed by atoms with Crippen LogP contribution in [0.3, 0.4) is 0 Å². The molecule has 0 bridgehead atoms. The number of carbonyl (C=O) groups excluding carboxylic acids is 4. The molecule has 292 valence electrons. The molecule has 4 atom stereocenters. The highest BCUT2D eigenvalue weighted by atomic mass is 16.6. The number of benzene rings is 2. The Bertz CT molecular complexity index is 1610. The highest BCUT2D eigenvalue weighted by molar-refractivity contribution is 5.95. The molecule has 54 heavy (non-hydrogen) atoms. The molecule has 2 aromatic carbocycles. The number of nitrogens with one attached hydrogen (secondary N) is 2. The second kappa shape index (κ2) is 20.1. The van der Waals surface area contributed by atoms with E-state index in [1.807, 2.05) is 36.4 Å². The fraction of sp³-hybridized carbons (Fsp3) is 0.548. The lowest BCUT2D eigenvalue weighted by molar-refractivity contribution is -0.147. The van der Waals surface area contributed by atoms with E-state index < -0.39 is 42.2 Å². The van der Waals surface area contributed by atoms with Gasteiger partial charge in [-0.1, -0.05) is 94.5 Å². The summed E-state index contributed by atoms with van der Waals surface area (Å²) in [6.07, 6.45) is 9.56. The summed E-state index contributed by atoms with van der Waals surface area (Å²) < 4.78 is 6.04. The molecule has 0 radical (unpaired) electrons. The largest absolute Gasteiger partial charge is 0.434 e. The average molecular weight is 743 g/mol. The molecule has 3 N–H and O–H groups in total. The van der Waals surface area contributed by atoms with Crippen molar-refractivity contribution >= 4 is 23.8 Å². The summed E-state index contributed by atoms with van der Waals surface area (Å²) in [4.78, 5) is 65.0. The van der Waals surface area contributed by atoms with Gasteiger partial charge in [-0.2, -0.15) is 0 Å². The van der Waals surface area contributed by atoms with Crippen LogP contribution in [-0.4, -0.2) is 98.2 Å². The van der Waals surface area contributed by atoms with Crippen LogP contribution in [-0.2, 0) is 27.2 Å². The van der Waals surface area contributed by atoms with Crippen molar-refractivity contribution in [2.45, 2.75) is 115 Å². The quantitative estimate of drug-likeness (QED) is 0.165. The molecular weight excluding hydrogens is 684 g/mol. The predicted octanol–water partition coefficient (Wildman–Crippen LogP) is 5.93. The molecule has 2 aliphatic rings. The number of aromatic amines is 1. The predicted molar refractivity (Wildman–Crippen MR) is 206 cm³/mol. The van der Waals surface area contributed by atoms with Gasteiger partial charge in [0.2, 0.25) is 5.91 Å². The zero-order chi connectivity index (χ0) is 38.5. The first-order valence-corrected chi connectivity index (χ1v) is 19.7. The lowest BCUT2D eigenvalue weighted by atomic mass is 9.83. The second-order valence-electron chi connectivity index (χ2n) is 15.3. The van der Waals surface area contributed by atoms with Gasteiger partial charge in [0.15, 0.2) is 6.10 Å². The number of nitrogens with zero attached hydrogens (tertiary/aromatic N) is 4. The fourth-order valence-electron chi connectivity index (χ4n) is 7.55. The third kappa shape index (κ3) is 11.4. The Morgan fingerprint density at radius 2 is 1.57 bits per heavy atom. The minimum absolute atomic E-state index is 0.0623. The number of aliphatic hydroxyl groups excluding tert-OH is 1. The highest BCUT2D eigenvalue weighted by Crippen LogP contribution is 2.29. The van der Waals surface area contributed by atoms with Crippen LogP contribution in [0.2, 0.25) is 0 Å². The van der Waals surface area contributed by atoms with Crippen LogP contribution in [0.25, 0.3) is 0 Å². The zero-order valence-corrected chi connectivity index (χ0v) is 32.1. The maximum absolute atomic E-state index is 14.6. The van der Waals surface area contributed by atoms with Gasteiger partial charge in [-0.05, 0) is 61.6 Å². The zero-order valence-electron chi connectivity index (χ0n) is 32.1. The molecule has 5 rings (SSSR count). The first-order chi connectivity index (χ1) is 26.1. The second-order valence-corrected chi connectivity index (χ2v) is 15.3. The van der Waals surface area contributed by atoms with Crippen LogP contribution in [0.15, 0.2) is 73.2 Å². The van der Waals surface area contributed by atoms with Crippen molar-refractivity contribution in [3.8, 4) is 0 Å². The van der Waals surface area contributed by atoms with Gasteiger partial charge < -0.3 is 25.0 Å². The smallest absolute Gasteiger partial charge is 0.429 e. The van der Waals surface area contributed by atoms with Gasteiger partial charge in [-0.15, -0.1) is 0 Å². The van der Waals surface area contributed by atoms with Crippen LogP contribution in [0, 0.1) is 11.8 Å². The molecule has 0 spiro atoms. The van der Waals surface area contributed by atoms with Crippen LogP contribution >= 0.6 is 0 Å². The van der Waals surface area contributed by atoms with Crippen molar-refractivity contribution in [1.29, 1.82) is 0 Å². The number of likely N-dealkylation sites (N-methyl/N-ethyl adjacent to an activating group) is 1. The SMILES string of the molecule is CC(C)CCC(O)C(CC1CCCCC1)NC(=O)[C@H](Cc1cnc[nH]1)N(C)C(=O)C(Cc1ccccc1)OC(=O)N1CCCCN1C(=O)c1ccccc1. The molecule has 4 amide bonds. The summed E-state index contributed by atoms with van der Waals surface area (Å²) in [6, 6.07) is 16.5. The normalized spacial score (nSPS) is 17.4. The van der Waals surface area contributed by atoms with Gasteiger partial charge in [0, 0.05) is 50.4 Å². The van der Waals surface area contributed by atoms with Crippen LogP contribution < -0.4 is 5.32 Å². The number of hydrogen-bond donors (Lipinski definition) is 3.